The summed E-state index contributed by atoms with van der Waals surface area (Å²) < 4.78 is 34.2. The standard InChI is InChI=1S/2C36H54N2O2.C2H5O.ClH.2In/c2*1-33(2,3)25-17-23(31(39)27(19-25)35(7,8)9)21-37-29-15-13-14-16-30(29)38-22-24-18-26(34(4,5)6)20-28(32(24)40)36(10,11)12;1-2-3;;;/h2*17-22,29-30,39-40H,13-16H2,1-12H3;2H2,1H3;1H;;/q;;-1;;2*+3/p-5/t2*29-,30-;;;;/m11..../s1. The van der Waals surface area contributed by atoms with E-state index in [4.69, 9.17) is 42.8 Å². The molecular weight excluding hydrogens is 1290 g/mol. The van der Waals surface area contributed by atoms with Gasteiger partial charge < -0.3 is 0 Å². The maximum absolute atomic E-state index is 7.21. The molecule has 2 fully saturated rings. The van der Waals surface area contributed by atoms with Crippen LogP contribution in [0.15, 0.2) is 68.5 Å². The van der Waals surface area contributed by atoms with Crippen molar-refractivity contribution in [2.45, 2.75) is 292 Å². The normalized spacial score (nSPS) is 20.1. The molecule has 0 saturated heterocycles. The maximum atomic E-state index is 7.21. The molecule has 2 heterocycles. The monoisotopic (exact) mass is 1400 g/mol. The van der Waals surface area contributed by atoms with Gasteiger partial charge in [-0.05, 0) is 0 Å². The average molecular weight is 1400 g/mol. The number of rotatable bonds is 2. The number of fused-ring (bicyclic) bond motifs is 6. The first-order chi connectivity index (χ1) is 39.5. The number of benzene rings is 4. The molecule has 0 unspecified atom stereocenters. The van der Waals surface area contributed by atoms with Gasteiger partial charge in [0, 0.05) is 0 Å². The molecular formula is C74H109ClIn2N4O5. The second kappa shape index (κ2) is 26.9. The van der Waals surface area contributed by atoms with E-state index in [0.717, 1.165) is 82.1 Å². The average Bonchev–Trinajstić information content (AvgIpc) is 1.47. The zero-order valence-electron chi connectivity index (χ0n) is 58.0. The van der Waals surface area contributed by atoms with Gasteiger partial charge in [-0.2, -0.15) is 0 Å². The molecule has 8 rings (SSSR count). The van der Waals surface area contributed by atoms with Crippen molar-refractivity contribution in [2.24, 2.45) is 20.0 Å². The zero-order valence-corrected chi connectivity index (χ0v) is 65.3. The Morgan fingerprint density at radius 3 is 0.779 bits per heavy atom. The predicted octanol–water partition coefficient (Wildman–Crippen LogP) is 19.2. The van der Waals surface area contributed by atoms with Gasteiger partial charge in [-0.1, -0.05) is 0 Å². The fourth-order valence-electron chi connectivity index (χ4n) is 11.7. The molecule has 4 atom stereocenters. The molecule has 2 aliphatic carbocycles. The zero-order chi connectivity index (χ0) is 63.9. The summed E-state index contributed by atoms with van der Waals surface area (Å²) in [6, 6.07) is 18.8. The fourth-order valence-corrected chi connectivity index (χ4v) is 19.5. The van der Waals surface area contributed by atoms with Crippen LogP contribution < -0.4 is 11.4 Å². The predicted molar refractivity (Wildman–Crippen MR) is 369 cm³/mol. The van der Waals surface area contributed by atoms with Crippen LogP contribution in [0.25, 0.3) is 0 Å². The van der Waals surface area contributed by atoms with Crippen molar-refractivity contribution in [3.8, 4) is 23.0 Å². The van der Waals surface area contributed by atoms with Gasteiger partial charge >= 0.3 is 548 Å². The molecule has 86 heavy (non-hydrogen) atoms. The fraction of sp³-hybridized carbons (Fsp3) is 0.622. The van der Waals surface area contributed by atoms with Crippen molar-refractivity contribution in [3.05, 3.63) is 115 Å². The van der Waals surface area contributed by atoms with E-state index in [0.29, 0.717) is 6.61 Å². The summed E-state index contributed by atoms with van der Waals surface area (Å²) in [5.41, 5.74) is 13.0. The van der Waals surface area contributed by atoms with Gasteiger partial charge in [0.1, 0.15) is 0 Å². The second-order valence-electron chi connectivity index (χ2n) is 33.2. The van der Waals surface area contributed by atoms with Crippen LogP contribution >= 0.6 is 8.58 Å². The third-order valence-electron chi connectivity index (χ3n) is 17.3. The summed E-state index contributed by atoms with van der Waals surface area (Å²) in [4.78, 5) is 20.9. The van der Waals surface area contributed by atoms with Gasteiger partial charge in [-0.3, -0.25) is 0 Å². The first-order valence-electron chi connectivity index (χ1n) is 32.3. The van der Waals surface area contributed by atoms with Crippen molar-refractivity contribution in [1.29, 1.82) is 0 Å². The Balaban J connectivity index is 0.000000246. The number of halogens is 1. The molecule has 12 heteroatoms. The van der Waals surface area contributed by atoms with Crippen LogP contribution in [0.1, 0.15) is 291 Å². The quantitative estimate of drug-likeness (QED) is 0.199. The van der Waals surface area contributed by atoms with E-state index in [1.165, 1.54) is 59.1 Å². The Labute approximate surface area is 543 Å². The molecule has 0 aromatic heterocycles. The Bertz CT molecular complexity index is 2950. The van der Waals surface area contributed by atoms with Crippen molar-refractivity contribution in [1.82, 2.24) is 0 Å². The van der Waals surface area contributed by atoms with Gasteiger partial charge in [0.15, 0.2) is 0 Å². The van der Waals surface area contributed by atoms with Crippen LogP contribution in [0.3, 0.4) is 0 Å². The van der Waals surface area contributed by atoms with Crippen molar-refractivity contribution >= 4 is 77.3 Å². The van der Waals surface area contributed by atoms with Crippen molar-refractivity contribution in [2.75, 3.05) is 6.61 Å². The van der Waals surface area contributed by atoms with Gasteiger partial charge in [0.25, 0.3) is 0 Å². The van der Waals surface area contributed by atoms with E-state index < -0.39 is 43.9 Å². The second-order valence-corrected chi connectivity index (χ2v) is 42.5. The molecule has 4 aromatic carbocycles. The summed E-state index contributed by atoms with van der Waals surface area (Å²) in [5.74, 6) is 3.38. The van der Waals surface area contributed by atoms with Crippen LogP contribution in [0.5, 0.6) is 23.0 Å². The summed E-state index contributed by atoms with van der Waals surface area (Å²) >= 11 is -7.27. The van der Waals surface area contributed by atoms with Crippen LogP contribution in [-0.2, 0) is 46.2 Å². The number of aliphatic imine (C=N–C) groups is 4. The van der Waals surface area contributed by atoms with Gasteiger partial charge in [0.2, 0.25) is 0 Å². The van der Waals surface area contributed by atoms with Gasteiger partial charge in [0.05, 0.1) is 0 Å². The minimum absolute atomic E-state index is 0.0207. The molecule has 4 aliphatic rings. The van der Waals surface area contributed by atoms with Crippen LogP contribution in [-0.4, -0.2) is 99.5 Å². The Morgan fingerprint density at radius 2 is 0.581 bits per heavy atom. The Morgan fingerprint density at radius 1 is 0.360 bits per heavy atom. The molecule has 468 valence electrons. The number of hydrogen-bond donors (Lipinski definition) is 0. The number of hydrogen-bond acceptors (Lipinski definition) is 9. The summed E-state index contributed by atoms with van der Waals surface area (Å²) in [7, 11) is 7.21. The van der Waals surface area contributed by atoms with E-state index in [1.807, 2.05) is 19.4 Å². The van der Waals surface area contributed by atoms with E-state index in [9.17, 15) is 0 Å². The minimum atomic E-state index is -3.66. The van der Waals surface area contributed by atoms with Crippen molar-refractivity contribution in [3.63, 3.8) is 0 Å². The number of nitrogens with zero attached hydrogens (tertiary/aromatic N) is 4. The topological polar surface area (TPSA) is 95.6 Å². The summed E-state index contributed by atoms with van der Waals surface area (Å²) in [6.45, 7) is 56.7. The third-order valence-corrected chi connectivity index (χ3v) is 25.1. The van der Waals surface area contributed by atoms with Crippen molar-refractivity contribution < 1.29 is 14.3 Å². The molecule has 0 amide bonds. The molecule has 0 bridgehead atoms. The third kappa shape index (κ3) is 17.8. The summed E-state index contributed by atoms with van der Waals surface area (Å²) in [5, 5.41) is 0. The van der Waals surface area contributed by atoms with E-state index in [-0.39, 0.29) is 67.5 Å². The van der Waals surface area contributed by atoms with E-state index in [1.54, 1.807) is 0 Å². The Hall–Kier alpha value is -3.25. The molecule has 0 spiro atoms. The van der Waals surface area contributed by atoms with E-state index >= 15 is 0 Å². The van der Waals surface area contributed by atoms with Crippen LogP contribution in [0, 0.1) is 0 Å². The first-order valence-corrected chi connectivity index (χ1v) is 43.2. The molecule has 0 radical (unpaired) electrons. The summed E-state index contributed by atoms with van der Waals surface area (Å²) in [6.07, 6.45) is 17.1. The molecule has 4 aromatic rings. The van der Waals surface area contributed by atoms with Crippen LogP contribution in [0.4, 0.5) is 0 Å². The van der Waals surface area contributed by atoms with Gasteiger partial charge in [-0.25, -0.2) is 0 Å². The molecule has 2 aliphatic heterocycles. The van der Waals surface area contributed by atoms with E-state index in [2.05, 4.69) is 227 Å². The van der Waals surface area contributed by atoms with Crippen LogP contribution in [0.2, 0.25) is 0 Å². The Kier molecular flexibility index (Phi) is 22.0. The molecule has 2 saturated carbocycles. The molecule has 0 N–H and O–H groups in total. The van der Waals surface area contributed by atoms with Gasteiger partial charge in [-0.15, -0.1) is 0 Å². The first kappa shape index (κ1) is 70.2. The SMILES string of the molecule is CC(C)(C)c1cc2c(c(C(C)(C)C)c1)[O][In]([Cl])[O]c1c(cc(C(C)(C)C)cc1C(C)(C)C)C=N[C@@H]1CCCC[C@H]1N=C2.CC[O][In]1[O]c2c(cc(C(C)(C)C)cc2C(C)(C)C)C=N[C@@H]2CCCC[C@H]2N=Cc2cc(C(C)(C)C)cc(C(C)(C)C)c2[O]1. The molecule has 9 nitrogen and oxygen atoms in total.